The quantitative estimate of drug-likeness (QED) is 0.268. The molecule has 0 spiro atoms. The molecule has 1 amide bonds. The number of nitrogens with zero attached hydrogens (tertiary/aromatic N) is 3. The Morgan fingerprint density at radius 1 is 1.17 bits per heavy atom. The lowest BCUT2D eigenvalue weighted by atomic mass is 9.95. The van der Waals surface area contributed by atoms with Gasteiger partial charge in [-0.1, -0.05) is 23.7 Å². The Bertz CT molecular complexity index is 1260. The molecule has 2 aromatic carbocycles. The fraction of sp³-hybridized carbons (Fsp3) is 0.269. The first kappa shape index (κ1) is 24.3. The van der Waals surface area contributed by atoms with E-state index in [4.69, 9.17) is 21.1 Å². The average Bonchev–Trinajstić information content (AvgIpc) is 3.47. The molecule has 182 valence electrons. The fourth-order valence-electron chi connectivity index (χ4n) is 4.19. The summed E-state index contributed by atoms with van der Waals surface area (Å²) in [5, 5.41) is 11.5. The van der Waals surface area contributed by atoms with E-state index < -0.39 is 17.7 Å². The number of aliphatic hydroxyl groups is 1. The molecule has 2 heterocycles. The maximum atomic E-state index is 13.2. The Balaban J connectivity index is 1.75. The second-order valence-electron chi connectivity index (χ2n) is 8.00. The van der Waals surface area contributed by atoms with Crippen molar-refractivity contribution in [3.8, 4) is 11.5 Å². The highest BCUT2D eigenvalue weighted by Crippen LogP contribution is 2.41. The zero-order chi connectivity index (χ0) is 24.9. The molecule has 0 aliphatic carbocycles. The van der Waals surface area contributed by atoms with Gasteiger partial charge in [-0.25, -0.2) is 4.98 Å². The molecule has 1 saturated heterocycles. The number of aromatic nitrogens is 2. The van der Waals surface area contributed by atoms with Gasteiger partial charge in [-0.15, -0.1) is 0 Å². The number of imidazole rings is 1. The van der Waals surface area contributed by atoms with Crippen LogP contribution >= 0.6 is 11.6 Å². The van der Waals surface area contributed by atoms with Crippen LogP contribution in [0, 0.1) is 0 Å². The molecule has 8 nitrogen and oxygen atoms in total. The van der Waals surface area contributed by atoms with E-state index in [-0.39, 0.29) is 11.3 Å². The van der Waals surface area contributed by atoms with Crippen LogP contribution in [0.4, 0.5) is 0 Å². The van der Waals surface area contributed by atoms with E-state index >= 15 is 0 Å². The Morgan fingerprint density at radius 2 is 2.00 bits per heavy atom. The minimum absolute atomic E-state index is 0.00566. The van der Waals surface area contributed by atoms with Gasteiger partial charge in [-0.3, -0.25) is 9.59 Å². The van der Waals surface area contributed by atoms with Crippen LogP contribution in [0.1, 0.15) is 30.5 Å². The summed E-state index contributed by atoms with van der Waals surface area (Å²) in [7, 11) is 1.54. The van der Waals surface area contributed by atoms with Crippen LogP contribution in [0.25, 0.3) is 5.76 Å². The third-order valence-electron chi connectivity index (χ3n) is 5.83. The third kappa shape index (κ3) is 5.02. The van der Waals surface area contributed by atoms with Crippen molar-refractivity contribution in [2.24, 2.45) is 0 Å². The summed E-state index contributed by atoms with van der Waals surface area (Å²) in [4.78, 5) is 31.8. The maximum absolute atomic E-state index is 13.2. The van der Waals surface area contributed by atoms with Crippen LogP contribution < -0.4 is 9.47 Å². The molecule has 35 heavy (non-hydrogen) atoms. The molecule has 1 aliphatic rings. The summed E-state index contributed by atoms with van der Waals surface area (Å²) in [5.41, 5.74) is 0.985. The molecule has 0 saturated carbocycles. The van der Waals surface area contributed by atoms with E-state index in [2.05, 4.69) is 4.98 Å². The second-order valence-corrected chi connectivity index (χ2v) is 8.41. The smallest absolute Gasteiger partial charge is 0.295 e. The summed E-state index contributed by atoms with van der Waals surface area (Å²) in [6.45, 7) is 3.21. The number of halogens is 1. The highest BCUT2D eigenvalue weighted by molar-refractivity contribution is 6.46. The number of hydrogen-bond acceptors (Lipinski definition) is 6. The lowest BCUT2D eigenvalue weighted by Gasteiger charge is -2.25. The van der Waals surface area contributed by atoms with E-state index in [1.807, 2.05) is 17.7 Å². The molecular weight excluding hydrogens is 470 g/mol. The normalized spacial score (nSPS) is 17.1. The van der Waals surface area contributed by atoms with Crippen molar-refractivity contribution in [1.29, 1.82) is 0 Å². The van der Waals surface area contributed by atoms with Gasteiger partial charge in [-0.2, -0.15) is 0 Å². The number of benzene rings is 2. The number of methoxy groups -OCH3 is 1. The summed E-state index contributed by atoms with van der Waals surface area (Å²) in [5.74, 6) is -0.658. The van der Waals surface area contributed by atoms with Gasteiger partial charge in [-0.05, 0) is 49.2 Å². The molecule has 1 aliphatic heterocycles. The van der Waals surface area contributed by atoms with Gasteiger partial charge < -0.3 is 24.0 Å². The van der Waals surface area contributed by atoms with Crippen molar-refractivity contribution >= 4 is 29.1 Å². The molecular formula is C26H26ClN3O5. The SMILES string of the molecule is CCOc1ccc(/C(O)=C2\C(=O)C(=O)N(CCCn3ccnc3)[C@H]2c2cccc(OC)c2)cc1Cl. The number of carbonyl (C=O) groups is 2. The van der Waals surface area contributed by atoms with E-state index in [9.17, 15) is 14.7 Å². The number of ether oxygens (including phenoxy) is 2. The van der Waals surface area contributed by atoms with Crippen molar-refractivity contribution in [3.63, 3.8) is 0 Å². The first-order valence-corrected chi connectivity index (χ1v) is 11.6. The van der Waals surface area contributed by atoms with Gasteiger partial charge in [0, 0.05) is 31.0 Å². The molecule has 0 unspecified atom stereocenters. The first-order chi connectivity index (χ1) is 16.9. The standard InChI is InChI=1S/C26H26ClN3O5/c1-3-35-21-9-8-18(15-20(21)27)24(31)22-23(17-6-4-7-19(14-17)34-2)30(26(33)25(22)32)12-5-11-29-13-10-28-16-29/h4,6-10,13-16,23,31H,3,5,11-12H2,1-2H3/b24-22+/t23-/m0/s1. The minimum Gasteiger partial charge on any atom is -0.507 e. The van der Waals surface area contributed by atoms with Gasteiger partial charge in [0.15, 0.2) is 0 Å². The van der Waals surface area contributed by atoms with Crippen LogP contribution in [-0.4, -0.2) is 51.5 Å². The number of amides is 1. The monoisotopic (exact) mass is 495 g/mol. The van der Waals surface area contributed by atoms with Crippen molar-refractivity contribution < 1.29 is 24.2 Å². The molecule has 3 aromatic rings. The van der Waals surface area contributed by atoms with Gasteiger partial charge in [0.05, 0.1) is 36.7 Å². The van der Waals surface area contributed by atoms with Crippen molar-refractivity contribution in [3.05, 3.63) is 82.9 Å². The summed E-state index contributed by atoms with van der Waals surface area (Å²) >= 11 is 6.32. The zero-order valence-electron chi connectivity index (χ0n) is 19.5. The fourth-order valence-corrected chi connectivity index (χ4v) is 4.42. The molecule has 1 fully saturated rings. The Labute approximate surface area is 208 Å². The number of hydrogen-bond donors (Lipinski definition) is 1. The molecule has 4 rings (SSSR count). The maximum Gasteiger partial charge on any atom is 0.295 e. The van der Waals surface area contributed by atoms with Gasteiger partial charge >= 0.3 is 0 Å². The predicted octanol–water partition coefficient (Wildman–Crippen LogP) is 4.46. The average molecular weight is 496 g/mol. The number of carbonyl (C=O) groups excluding carboxylic acids is 2. The highest BCUT2D eigenvalue weighted by atomic mass is 35.5. The molecule has 1 aromatic heterocycles. The topological polar surface area (TPSA) is 93.9 Å². The lowest BCUT2D eigenvalue weighted by molar-refractivity contribution is -0.139. The Kier molecular flexibility index (Phi) is 7.41. The summed E-state index contributed by atoms with van der Waals surface area (Å²) < 4.78 is 12.7. The number of rotatable bonds is 9. The third-order valence-corrected chi connectivity index (χ3v) is 6.12. The Morgan fingerprint density at radius 3 is 2.69 bits per heavy atom. The Hall–Kier alpha value is -3.78. The first-order valence-electron chi connectivity index (χ1n) is 11.3. The number of likely N-dealkylation sites (tertiary alicyclic amines) is 1. The van der Waals surface area contributed by atoms with Gasteiger partial charge in [0.1, 0.15) is 17.3 Å². The van der Waals surface area contributed by atoms with Crippen LogP contribution in [0.5, 0.6) is 11.5 Å². The molecule has 9 heteroatoms. The largest absolute Gasteiger partial charge is 0.507 e. The number of Topliss-reactive ketones (excluding diaryl/α,β-unsaturated/α-hetero) is 1. The number of aryl methyl sites for hydroxylation is 1. The van der Waals surface area contributed by atoms with Crippen molar-refractivity contribution in [2.75, 3.05) is 20.3 Å². The van der Waals surface area contributed by atoms with Gasteiger partial charge in [0.25, 0.3) is 11.7 Å². The molecule has 0 radical (unpaired) electrons. The molecule has 1 N–H and O–H groups in total. The van der Waals surface area contributed by atoms with E-state index in [1.165, 1.54) is 11.0 Å². The zero-order valence-corrected chi connectivity index (χ0v) is 20.2. The summed E-state index contributed by atoms with van der Waals surface area (Å²) in [6, 6.07) is 11.1. The number of aliphatic hydroxyl groups excluding tert-OH is 1. The van der Waals surface area contributed by atoms with Crippen LogP contribution in [-0.2, 0) is 16.1 Å². The van der Waals surface area contributed by atoms with Gasteiger partial charge in [0.2, 0.25) is 0 Å². The van der Waals surface area contributed by atoms with Crippen molar-refractivity contribution in [1.82, 2.24) is 14.5 Å². The molecule has 0 bridgehead atoms. The molecule has 1 atom stereocenters. The van der Waals surface area contributed by atoms with Crippen molar-refractivity contribution in [2.45, 2.75) is 25.9 Å². The van der Waals surface area contributed by atoms with E-state index in [1.54, 1.807) is 56.0 Å². The van der Waals surface area contributed by atoms with Crippen LogP contribution in [0.15, 0.2) is 66.8 Å². The van der Waals surface area contributed by atoms with Crippen LogP contribution in [0.3, 0.4) is 0 Å². The van der Waals surface area contributed by atoms with E-state index in [0.29, 0.717) is 53.8 Å². The predicted molar refractivity (Wildman–Crippen MR) is 131 cm³/mol. The summed E-state index contributed by atoms with van der Waals surface area (Å²) in [6.07, 6.45) is 5.82. The van der Waals surface area contributed by atoms with E-state index in [0.717, 1.165) is 0 Å². The lowest BCUT2D eigenvalue weighted by Crippen LogP contribution is -2.31. The second kappa shape index (κ2) is 10.7. The highest BCUT2D eigenvalue weighted by Gasteiger charge is 2.46. The number of ketones is 1. The minimum atomic E-state index is -0.779. The van der Waals surface area contributed by atoms with Crippen LogP contribution in [0.2, 0.25) is 5.02 Å².